The molecule has 0 atom stereocenters. The molecule has 3 N–H and O–H groups in total. The number of methoxy groups -OCH3 is 1. The molecule has 0 bridgehead atoms. The average Bonchev–Trinajstić information content (AvgIpc) is 3.32. The van der Waals surface area contributed by atoms with Crippen LogP contribution in [0.3, 0.4) is 0 Å². The molecule has 1 fully saturated rings. The summed E-state index contributed by atoms with van der Waals surface area (Å²) in [5.74, 6) is 1.24. The van der Waals surface area contributed by atoms with Crippen molar-refractivity contribution in [3.63, 3.8) is 0 Å². The molecule has 1 saturated heterocycles. The van der Waals surface area contributed by atoms with Crippen LogP contribution in [-0.2, 0) is 13.1 Å². The lowest BCUT2D eigenvalue weighted by molar-refractivity contribution is 0.0954. The van der Waals surface area contributed by atoms with Crippen LogP contribution in [0, 0.1) is 0 Å². The molecule has 7 nitrogen and oxygen atoms in total. The first kappa shape index (κ1) is 22.6. The Labute approximate surface area is 184 Å². The van der Waals surface area contributed by atoms with Gasteiger partial charge in [-0.2, -0.15) is 0 Å². The third-order valence-corrected chi connectivity index (χ3v) is 5.35. The molecule has 31 heavy (non-hydrogen) atoms. The van der Waals surface area contributed by atoms with Crippen LogP contribution >= 0.6 is 0 Å². The number of nitrogens with one attached hydrogen (secondary N) is 3. The van der Waals surface area contributed by atoms with Gasteiger partial charge in [-0.05, 0) is 55.3 Å². The first-order chi connectivity index (χ1) is 15.2. The molecule has 0 spiro atoms. The summed E-state index contributed by atoms with van der Waals surface area (Å²) >= 11 is 0. The molecular formula is C24H33N5O2. The van der Waals surface area contributed by atoms with Crippen molar-refractivity contribution in [2.75, 3.05) is 40.3 Å². The van der Waals surface area contributed by atoms with E-state index in [2.05, 4.69) is 50.1 Å². The van der Waals surface area contributed by atoms with Gasteiger partial charge in [0.1, 0.15) is 5.75 Å². The maximum Gasteiger partial charge on any atom is 0.251 e. The summed E-state index contributed by atoms with van der Waals surface area (Å²) < 4.78 is 5.16. The second-order valence-electron chi connectivity index (χ2n) is 7.64. The van der Waals surface area contributed by atoms with E-state index in [4.69, 9.17) is 4.74 Å². The number of amides is 1. The summed E-state index contributed by atoms with van der Waals surface area (Å²) in [5.41, 5.74) is 3.15. The van der Waals surface area contributed by atoms with Crippen molar-refractivity contribution < 1.29 is 9.53 Å². The minimum absolute atomic E-state index is 0.127. The van der Waals surface area contributed by atoms with Gasteiger partial charge in [-0.15, -0.1) is 0 Å². The highest BCUT2D eigenvalue weighted by Gasteiger charge is 2.11. The number of carbonyl (C=O) groups is 1. The van der Waals surface area contributed by atoms with Gasteiger partial charge in [0, 0.05) is 38.8 Å². The number of hydrogen-bond donors (Lipinski definition) is 3. The van der Waals surface area contributed by atoms with Gasteiger partial charge in [-0.3, -0.25) is 14.7 Å². The molecular weight excluding hydrogens is 390 g/mol. The van der Waals surface area contributed by atoms with Crippen LogP contribution in [-0.4, -0.2) is 57.1 Å². The summed E-state index contributed by atoms with van der Waals surface area (Å²) in [7, 11) is 3.33. The predicted molar refractivity (Wildman–Crippen MR) is 124 cm³/mol. The fraction of sp³-hybridized carbons (Fsp3) is 0.417. The maximum atomic E-state index is 12.2. The number of hydrogen-bond acceptors (Lipinski definition) is 4. The summed E-state index contributed by atoms with van der Waals surface area (Å²) in [6.45, 7) is 5.22. The summed E-state index contributed by atoms with van der Waals surface area (Å²) in [6.07, 6.45) is 2.64. The molecule has 0 radical (unpaired) electrons. The first-order valence-corrected chi connectivity index (χ1v) is 10.8. The van der Waals surface area contributed by atoms with E-state index in [1.165, 1.54) is 37.1 Å². The van der Waals surface area contributed by atoms with Gasteiger partial charge in [0.05, 0.1) is 7.11 Å². The van der Waals surface area contributed by atoms with Crippen molar-refractivity contribution >= 4 is 11.9 Å². The van der Waals surface area contributed by atoms with Crippen LogP contribution in [0.2, 0.25) is 0 Å². The molecule has 0 aliphatic carbocycles. The minimum Gasteiger partial charge on any atom is -0.497 e. The average molecular weight is 424 g/mol. The van der Waals surface area contributed by atoms with Gasteiger partial charge in [0.2, 0.25) is 0 Å². The zero-order valence-electron chi connectivity index (χ0n) is 18.5. The van der Waals surface area contributed by atoms with Crippen molar-refractivity contribution in [2.24, 2.45) is 4.99 Å². The van der Waals surface area contributed by atoms with E-state index in [1.807, 2.05) is 6.07 Å². The quantitative estimate of drug-likeness (QED) is 0.328. The van der Waals surface area contributed by atoms with E-state index in [9.17, 15) is 4.79 Å². The Kier molecular flexibility index (Phi) is 8.72. The van der Waals surface area contributed by atoms with Crippen molar-refractivity contribution in [3.8, 4) is 5.75 Å². The van der Waals surface area contributed by atoms with E-state index >= 15 is 0 Å². The monoisotopic (exact) mass is 423 g/mol. The predicted octanol–water partition coefficient (Wildman–Crippen LogP) is 2.39. The van der Waals surface area contributed by atoms with Gasteiger partial charge in [-0.25, -0.2) is 0 Å². The van der Waals surface area contributed by atoms with Gasteiger partial charge < -0.3 is 20.7 Å². The number of guanidine groups is 1. The molecule has 0 saturated carbocycles. The number of benzene rings is 2. The van der Waals surface area contributed by atoms with Crippen molar-refractivity contribution in [1.82, 2.24) is 20.9 Å². The SMILES string of the molecule is CN=C(NCCNC(=O)c1cccc(OC)c1)NCc1ccc(CN2CCCC2)cc1. The number of likely N-dealkylation sites (tertiary alicyclic amines) is 1. The Morgan fingerprint density at radius 1 is 1.00 bits per heavy atom. The van der Waals surface area contributed by atoms with Crippen LogP contribution in [0.4, 0.5) is 0 Å². The van der Waals surface area contributed by atoms with Crippen molar-refractivity contribution in [2.45, 2.75) is 25.9 Å². The Hall–Kier alpha value is -3.06. The molecule has 1 aliphatic heterocycles. The molecule has 166 valence electrons. The maximum absolute atomic E-state index is 12.2. The fourth-order valence-corrected chi connectivity index (χ4v) is 3.59. The van der Waals surface area contributed by atoms with Crippen LogP contribution < -0.4 is 20.7 Å². The lowest BCUT2D eigenvalue weighted by Crippen LogP contribution is -2.41. The zero-order chi connectivity index (χ0) is 21.9. The van der Waals surface area contributed by atoms with Crippen molar-refractivity contribution in [1.29, 1.82) is 0 Å². The van der Waals surface area contributed by atoms with Crippen LogP contribution in [0.25, 0.3) is 0 Å². The highest BCUT2D eigenvalue weighted by Crippen LogP contribution is 2.13. The Balaban J connectivity index is 1.36. The van der Waals surface area contributed by atoms with Gasteiger partial charge in [0.25, 0.3) is 5.91 Å². The highest BCUT2D eigenvalue weighted by molar-refractivity contribution is 5.94. The first-order valence-electron chi connectivity index (χ1n) is 10.8. The highest BCUT2D eigenvalue weighted by atomic mass is 16.5. The normalized spacial score (nSPS) is 14.3. The smallest absolute Gasteiger partial charge is 0.251 e. The molecule has 1 aliphatic rings. The van der Waals surface area contributed by atoms with E-state index in [-0.39, 0.29) is 5.91 Å². The van der Waals surface area contributed by atoms with Gasteiger partial charge in [-0.1, -0.05) is 30.3 Å². The molecule has 1 heterocycles. The molecule has 7 heteroatoms. The third kappa shape index (κ3) is 7.29. The van der Waals surface area contributed by atoms with E-state index in [0.29, 0.717) is 36.9 Å². The molecule has 2 aromatic rings. The standard InChI is InChI=1S/C24H33N5O2/c1-25-24(27-13-12-26-23(30)21-6-5-7-22(16-21)31-2)28-17-19-8-10-20(11-9-19)18-29-14-3-4-15-29/h5-11,16H,3-4,12-15,17-18H2,1-2H3,(H,26,30)(H2,25,27,28). The number of nitrogens with zero attached hydrogens (tertiary/aromatic N) is 2. The summed E-state index contributed by atoms with van der Waals surface area (Å²) in [4.78, 5) is 19.0. The number of rotatable bonds is 9. The topological polar surface area (TPSA) is 78.0 Å². The lowest BCUT2D eigenvalue weighted by atomic mass is 10.1. The molecule has 1 amide bonds. The second kappa shape index (κ2) is 12.0. The van der Waals surface area contributed by atoms with Gasteiger partial charge >= 0.3 is 0 Å². The molecule has 2 aromatic carbocycles. The minimum atomic E-state index is -0.127. The number of ether oxygens (including phenoxy) is 1. The third-order valence-electron chi connectivity index (χ3n) is 5.35. The summed E-state index contributed by atoms with van der Waals surface area (Å²) in [6, 6.07) is 15.9. The lowest BCUT2D eigenvalue weighted by Gasteiger charge is -2.15. The Bertz CT molecular complexity index is 861. The van der Waals surface area contributed by atoms with E-state index in [0.717, 1.165) is 6.54 Å². The number of carbonyl (C=O) groups excluding carboxylic acids is 1. The Morgan fingerprint density at radius 3 is 2.42 bits per heavy atom. The molecule has 0 aromatic heterocycles. The fourth-order valence-electron chi connectivity index (χ4n) is 3.59. The van der Waals surface area contributed by atoms with Crippen LogP contribution in [0.1, 0.15) is 34.3 Å². The Morgan fingerprint density at radius 2 is 1.71 bits per heavy atom. The van der Waals surface area contributed by atoms with Gasteiger partial charge in [0.15, 0.2) is 5.96 Å². The van der Waals surface area contributed by atoms with E-state index < -0.39 is 0 Å². The number of aliphatic imine (C=N–C) groups is 1. The second-order valence-corrected chi connectivity index (χ2v) is 7.64. The molecule has 0 unspecified atom stereocenters. The van der Waals surface area contributed by atoms with Crippen molar-refractivity contribution in [3.05, 3.63) is 65.2 Å². The van der Waals surface area contributed by atoms with E-state index in [1.54, 1.807) is 32.4 Å². The van der Waals surface area contributed by atoms with Crippen LogP contribution in [0.5, 0.6) is 5.75 Å². The van der Waals surface area contributed by atoms with Crippen LogP contribution in [0.15, 0.2) is 53.5 Å². The largest absolute Gasteiger partial charge is 0.497 e. The molecule has 3 rings (SSSR count). The summed E-state index contributed by atoms with van der Waals surface area (Å²) in [5, 5.41) is 9.43. The zero-order valence-corrected chi connectivity index (χ0v) is 18.5.